The standard InChI is InChI=1S/C24H18ClFN4OS/c1-15-21(28-23(31-15)17-5-7-18(25)8-6-17)13-30-22-12-27-10-9-20(22)29-24(30)32-14-16-3-2-4-19(26)11-16/h2-12H,13-14H2,1H3. The molecule has 0 aliphatic rings. The lowest BCUT2D eigenvalue weighted by Gasteiger charge is -2.08. The Kier molecular flexibility index (Phi) is 5.68. The van der Waals surface area contributed by atoms with Gasteiger partial charge in [0.2, 0.25) is 5.89 Å². The molecule has 0 amide bonds. The van der Waals surface area contributed by atoms with Crippen molar-refractivity contribution in [3.8, 4) is 11.5 Å². The van der Waals surface area contributed by atoms with Gasteiger partial charge in [-0.3, -0.25) is 4.98 Å². The summed E-state index contributed by atoms with van der Waals surface area (Å²) in [6.45, 7) is 2.38. The molecule has 160 valence electrons. The maximum absolute atomic E-state index is 13.6. The summed E-state index contributed by atoms with van der Waals surface area (Å²) in [5.74, 6) is 1.64. The molecule has 0 aliphatic carbocycles. The van der Waals surface area contributed by atoms with Crippen molar-refractivity contribution in [2.45, 2.75) is 24.4 Å². The molecule has 0 N–H and O–H groups in total. The molecule has 0 aliphatic heterocycles. The minimum atomic E-state index is -0.242. The summed E-state index contributed by atoms with van der Waals surface area (Å²) >= 11 is 7.54. The molecule has 32 heavy (non-hydrogen) atoms. The van der Waals surface area contributed by atoms with Crippen LogP contribution in [-0.4, -0.2) is 19.5 Å². The number of rotatable bonds is 6. The lowest BCUT2D eigenvalue weighted by molar-refractivity contribution is 0.537. The molecule has 0 unspecified atom stereocenters. The van der Waals surface area contributed by atoms with Crippen molar-refractivity contribution in [2.75, 3.05) is 0 Å². The molecule has 8 heteroatoms. The number of thioether (sulfide) groups is 1. The van der Waals surface area contributed by atoms with Crippen LogP contribution in [0.25, 0.3) is 22.5 Å². The van der Waals surface area contributed by atoms with Gasteiger partial charge in [-0.25, -0.2) is 14.4 Å². The second-order valence-corrected chi connectivity index (χ2v) is 8.67. The quantitative estimate of drug-likeness (QED) is 0.267. The number of pyridine rings is 1. The Labute approximate surface area is 193 Å². The van der Waals surface area contributed by atoms with E-state index in [1.165, 1.54) is 6.07 Å². The van der Waals surface area contributed by atoms with Crippen LogP contribution < -0.4 is 0 Å². The molecule has 5 nitrogen and oxygen atoms in total. The number of oxazole rings is 1. The third kappa shape index (κ3) is 4.26. The van der Waals surface area contributed by atoms with E-state index in [-0.39, 0.29) is 5.82 Å². The fraction of sp³-hybridized carbons (Fsp3) is 0.125. The maximum Gasteiger partial charge on any atom is 0.226 e. The van der Waals surface area contributed by atoms with E-state index in [1.807, 2.05) is 43.3 Å². The van der Waals surface area contributed by atoms with Crippen LogP contribution in [-0.2, 0) is 12.3 Å². The fourth-order valence-corrected chi connectivity index (χ4v) is 4.51. The highest BCUT2D eigenvalue weighted by Gasteiger charge is 2.17. The van der Waals surface area contributed by atoms with Crippen molar-refractivity contribution in [1.29, 1.82) is 0 Å². The number of fused-ring (bicyclic) bond motifs is 1. The van der Waals surface area contributed by atoms with E-state index in [0.717, 1.165) is 38.8 Å². The summed E-state index contributed by atoms with van der Waals surface area (Å²) in [5, 5.41) is 1.47. The minimum absolute atomic E-state index is 0.242. The molecule has 5 aromatic rings. The van der Waals surface area contributed by atoms with Crippen molar-refractivity contribution >= 4 is 34.4 Å². The smallest absolute Gasteiger partial charge is 0.226 e. The van der Waals surface area contributed by atoms with Gasteiger partial charge in [-0.15, -0.1) is 0 Å². The number of halogens is 2. The van der Waals surface area contributed by atoms with Gasteiger partial charge in [0.05, 0.1) is 23.8 Å². The average Bonchev–Trinajstić information content (AvgIpc) is 3.33. The molecular formula is C24H18ClFN4OS. The van der Waals surface area contributed by atoms with Crippen LogP contribution in [0.4, 0.5) is 4.39 Å². The van der Waals surface area contributed by atoms with Crippen LogP contribution in [0.3, 0.4) is 0 Å². The Hall–Kier alpha value is -3.16. The molecule has 3 aromatic heterocycles. The maximum atomic E-state index is 13.6. The summed E-state index contributed by atoms with van der Waals surface area (Å²) in [4.78, 5) is 13.8. The topological polar surface area (TPSA) is 56.7 Å². The van der Waals surface area contributed by atoms with Gasteiger partial charge in [0.15, 0.2) is 5.16 Å². The van der Waals surface area contributed by atoms with Gasteiger partial charge >= 0.3 is 0 Å². The number of aromatic nitrogens is 4. The predicted molar refractivity (Wildman–Crippen MR) is 124 cm³/mol. The van der Waals surface area contributed by atoms with E-state index in [9.17, 15) is 4.39 Å². The normalized spacial score (nSPS) is 11.3. The molecule has 3 heterocycles. The van der Waals surface area contributed by atoms with Gasteiger partial charge in [0, 0.05) is 22.5 Å². The highest BCUT2D eigenvalue weighted by atomic mass is 35.5. The largest absolute Gasteiger partial charge is 0.441 e. The van der Waals surface area contributed by atoms with Crippen LogP contribution >= 0.6 is 23.4 Å². The number of imidazole rings is 1. The molecular weight excluding hydrogens is 447 g/mol. The van der Waals surface area contributed by atoms with Gasteiger partial charge in [-0.05, 0) is 55.0 Å². The van der Waals surface area contributed by atoms with Crippen molar-refractivity contribution in [2.24, 2.45) is 0 Å². The Morgan fingerprint density at radius 3 is 2.75 bits per heavy atom. The molecule has 0 radical (unpaired) electrons. The van der Waals surface area contributed by atoms with Gasteiger partial charge in [0.1, 0.15) is 17.3 Å². The lowest BCUT2D eigenvalue weighted by Crippen LogP contribution is -2.03. The van der Waals surface area contributed by atoms with Crippen molar-refractivity contribution in [3.63, 3.8) is 0 Å². The molecule has 2 aromatic carbocycles. The first-order valence-corrected chi connectivity index (χ1v) is 11.3. The Bertz CT molecular complexity index is 1400. The van der Waals surface area contributed by atoms with E-state index >= 15 is 0 Å². The van der Waals surface area contributed by atoms with E-state index < -0.39 is 0 Å². The minimum Gasteiger partial charge on any atom is -0.441 e. The Morgan fingerprint density at radius 2 is 1.94 bits per heavy atom. The van der Waals surface area contributed by atoms with Crippen LogP contribution in [0, 0.1) is 12.7 Å². The SMILES string of the molecule is Cc1oc(-c2ccc(Cl)cc2)nc1Cn1c(SCc2cccc(F)c2)nc2ccncc21. The Morgan fingerprint density at radius 1 is 1.09 bits per heavy atom. The summed E-state index contributed by atoms with van der Waals surface area (Å²) < 4.78 is 21.6. The monoisotopic (exact) mass is 464 g/mol. The summed E-state index contributed by atoms with van der Waals surface area (Å²) in [7, 11) is 0. The molecule has 0 saturated heterocycles. The zero-order valence-electron chi connectivity index (χ0n) is 17.1. The van der Waals surface area contributed by atoms with Crippen molar-refractivity contribution in [3.05, 3.63) is 94.8 Å². The van der Waals surface area contributed by atoms with E-state index in [1.54, 1.807) is 36.3 Å². The zero-order chi connectivity index (χ0) is 22.1. The molecule has 0 spiro atoms. The molecule has 0 atom stereocenters. The van der Waals surface area contributed by atoms with Gasteiger partial charge in [-0.2, -0.15) is 0 Å². The second-order valence-electron chi connectivity index (χ2n) is 7.29. The van der Waals surface area contributed by atoms with Crippen molar-refractivity contribution < 1.29 is 8.81 Å². The van der Waals surface area contributed by atoms with Gasteiger partial charge in [0.25, 0.3) is 0 Å². The summed E-state index contributed by atoms with van der Waals surface area (Å²) in [6.07, 6.45) is 3.52. The third-order valence-electron chi connectivity index (χ3n) is 5.06. The van der Waals surface area contributed by atoms with Crippen LogP contribution in [0.5, 0.6) is 0 Å². The predicted octanol–water partition coefficient (Wildman–Crippen LogP) is 6.53. The van der Waals surface area contributed by atoms with E-state index in [2.05, 4.69) is 9.55 Å². The van der Waals surface area contributed by atoms with Crippen LogP contribution in [0.2, 0.25) is 5.02 Å². The van der Waals surface area contributed by atoms with Crippen molar-refractivity contribution in [1.82, 2.24) is 19.5 Å². The zero-order valence-corrected chi connectivity index (χ0v) is 18.7. The van der Waals surface area contributed by atoms with Gasteiger partial charge in [-0.1, -0.05) is 35.5 Å². The Balaban J connectivity index is 1.47. The molecule has 5 rings (SSSR count). The first-order chi connectivity index (χ1) is 15.6. The number of benzene rings is 2. The van der Waals surface area contributed by atoms with Crippen LogP contribution in [0.1, 0.15) is 17.0 Å². The number of nitrogens with zero attached hydrogens (tertiary/aromatic N) is 4. The average molecular weight is 465 g/mol. The fourth-order valence-electron chi connectivity index (χ4n) is 3.43. The number of hydrogen-bond donors (Lipinski definition) is 0. The first-order valence-electron chi connectivity index (χ1n) is 9.96. The highest BCUT2D eigenvalue weighted by Crippen LogP contribution is 2.29. The molecule has 0 saturated carbocycles. The summed E-state index contributed by atoms with van der Waals surface area (Å²) in [6, 6.07) is 15.9. The number of aryl methyl sites for hydroxylation is 1. The van der Waals surface area contributed by atoms with Gasteiger partial charge < -0.3 is 8.98 Å². The number of hydrogen-bond acceptors (Lipinski definition) is 5. The molecule has 0 fully saturated rings. The van der Waals surface area contributed by atoms with E-state index in [4.69, 9.17) is 26.0 Å². The first kappa shape index (κ1) is 20.7. The second kappa shape index (κ2) is 8.76. The lowest BCUT2D eigenvalue weighted by atomic mass is 10.2. The third-order valence-corrected chi connectivity index (χ3v) is 6.36. The molecule has 0 bridgehead atoms. The van der Waals surface area contributed by atoms with E-state index in [0.29, 0.717) is 23.2 Å². The summed E-state index contributed by atoms with van der Waals surface area (Å²) in [5.41, 5.74) is 4.33. The van der Waals surface area contributed by atoms with Crippen LogP contribution in [0.15, 0.2) is 76.6 Å². The highest BCUT2D eigenvalue weighted by molar-refractivity contribution is 7.98.